The van der Waals surface area contributed by atoms with Crippen LogP contribution in [0.25, 0.3) is 10.9 Å². The maximum absolute atomic E-state index is 12.3. The molecule has 0 radical (unpaired) electrons. The fourth-order valence-electron chi connectivity index (χ4n) is 3.04. The Morgan fingerprint density at radius 2 is 1.74 bits per heavy atom. The predicted molar refractivity (Wildman–Crippen MR) is 92.7 cm³/mol. The SMILES string of the molecule is O=c1c2ccccc2ncn1CCCCCCCCCC1CO1. The molecule has 2 aromatic rings. The van der Waals surface area contributed by atoms with E-state index in [9.17, 15) is 4.79 Å². The minimum atomic E-state index is 0.0814. The number of para-hydroxylation sites is 1. The molecule has 2 heterocycles. The van der Waals surface area contributed by atoms with Gasteiger partial charge in [0.1, 0.15) is 0 Å². The van der Waals surface area contributed by atoms with Crippen molar-refractivity contribution in [3.63, 3.8) is 0 Å². The molecule has 0 bridgehead atoms. The molecule has 4 nitrogen and oxygen atoms in total. The molecule has 0 amide bonds. The summed E-state index contributed by atoms with van der Waals surface area (Å²) in [6.45, 7) is 1.76. The Morgan fingerprint density at radius 1 is 1.04 bits per heavy atom. The number of fused-ring (bicyclic) bond motifs is 1. The molecule has 0 spiro atoms. The van der Waals surface area contributed by atoms with Crippen LogP contribution < -0.4 is 5.56 Å². The molecule has 1 aromatic heterocycles. The lowest BCUT2D eigenvalue weighted by Crippen LogP contribution is -2.20. The number of epoxide rings is 1. The van der Waals surface area contributed by atoms with Crippen LogP contribution in [0.3, 0.4) is 0 Å². The lowest BCUT2D eigenvalue weighted by Gasteiger charge is -2.06. The maximum Gasteiger partial charge on any atom is 0.261 e. The highest BCUT2D eigenvalue weighted by atomic mass is 16.6. The number of benzene rings is 1. The lowest BCUT2D eigenvalue weighted by atomic mass is 10.1. The van der Waals surface area contributed by atoms with Crippen molar-refractivity contribution in [1.82, 2.24) is 9.55 Å². The van der Waals surface area contributed by atoms with Crippen molar-refractivity contribution in [3.05, 3.63) is 40.9 Å². The summed E-state index contributed by atoms with van der Waals surface area (Å²) >= 11 is 0. The van der Waals surface area contributed by atoms with Crippen molar-refractivity contribution in [2.75, 3.05) is 6.61 Å². The number of ether oxygens (including phenoxy) is 1. The number of nitrogens with zero attached hydrogens (tertiary/aromatic N) is 2. The molecule has 4 heteroatoms. The summed E-state index contributed by atoms with van der Waals surface area (Å²) in [4.78, 5) is 16.7. The summed E-state index contributed by atoms with van der Waals surface area (Å²) in [5, 5.41) is 0.717. The van der Waals surface area contributed by atoms with E-state index in [1.165, 1.54) is 44.9 Å². The smallest absolute Gasteiger partial charge is 0.261 e. The Labute approximate surface area is 137 Å². The Hall–Kier alpha value is -1.68. The first kappa shape index (κ1) is 16.2. The highest BCUT2D eigenvalue weighted by Gasteiger charge is 2.20. The number of rotatable bonds is 10. The zero-order chi connectivity index (χ0) is 15.9. The van der Waals surface area contributed by atoms with Crippen LogP contribution in [0.15, 0.2) is 35.4 Å². The maximum atomic E-state index is 12.3. The van der Waals surface area contributed by atoms with Gasteiger partial charge in [0.25, 0.3) is 5.56 Å². The van der Waals surface area contributed by atoms with E-state index in [0.717, 1.165) is 30.5 Å². The largest absolute Gasteiger partial charge is 0.373 e. The summed E-state index contributed by atoms with van der Waals surface area (Å²) in [6.07, 6.45) is 12.3. The van der Waals surface area contributed by atoms with E-state index in [2.05, 4.69) is 4.98 Å². The zero-order valence-electron chi connectivity index (χ0n) is 13.7. The molecule has 1 saturated heterocycles. The normalized spacial score (nSPS) is 16.8. The summed E-state index contributed by atoms with van der Waals surface area (Å²) in [6, 6.07) is 7.55. The van der Waals surface area contributed by atoms with Gasteiger partial charge in [-0.3, -0.25) is 9.36 Å². The number of hydrogen-bond acceptors (Lipinski definition) is 3. The first-order valence-electron chi connectivity index (χ1n) is 8.90. The van der Waals surface area contributed by atoms with Crippen molar-refractivity contribution < 1.29 is 4.74 Å². The van der Waals surface area contributed by atoms with E-state index < -0.39 is 0 Å². The van der Waals surface area contributed by atoms with Gasteiger partial charge in [-0.25, -0.2) is 4.98 Å². The number of aryl methyl sites for hydroxylation is 1. The second-order valence-corrected chi connectivity index (χ2v) is 6.48. The predicted octanol–water partition coefficient (Wildman–Crippen LogP) is 3.92. The van der Waals surface area contributed by atoms with Gasteiger partial charge in [0.15, 0.2) is 0 Å². The fraction of sp³-hybridized carbons (Fsp3) is 0.579. The average molecular weight is 314 g/mol. The number of hydrogen-bond donors (Lipinski definition) is 0. The second kappa shape index (κ2) is 8.25. The lowest BCUT2D eigenvalue weighted by molar-refractivity contribution is 0.387. The van der Waals surface area contributed by atoms with E-state index in [1.807, 2.05) is 24.3 Å². The van der Waals surface area contributed by atoms with Crippen LogP contribution in [0.2, 0.25) is 0 Å². The van der Waals surface area contributed by atoms with Crippen molar-refractivity contribution >= 4 is 10.9 Å². The summed E-state index contributed by atoms with van der Waals surface area (Å²) in [5.41, 5.74) is 0.864. The van der Waals surface area contributed by atoms with Gasteiger partial charge < -0.3 is 4.74 Å². The molecule has 1 fully saturated rings. The van der Waals surface area contributed by atoms with Crippen molar-refractivity contribution in [2.24, 2.45) is 0 Å². The van der Waals surface area contributed by atoms with Gasteiger partial charge in [0, 0.05) is 6.54 Å². The molecule has 0 aliphatic carbocycles. The molecular formula is C19H26N2O2. The topological polar surface area (TPSA) is 47.4 Å². The van der Waals surface area contributed by atoms with Crippen molar-refractivity contribution in [1.29, 1.82) is 0 Å². The molecule has 1 aliphatic heterocycles. The Kier molecular flexibility index (Phi) is 5.81. The molecule has 1 aromatic carbocycles. The third-order valence-electron chi connectivity index (χ3n) is 4.56. The van der Waals surface area contributed by atoms with E-state index in [1.54, 1.807) is 10.9 Å². The molecule has 23 heavy (non-hydrogen) atoms. The van der Waals surface area contributed by atoms with Gasteiger partial charge in [-0.05, 0) is 25.0 Å². The standard InChI is InChI=1S/C19H26N2O2/c22-19-17-11-7-8-12-18(17)20-15-21(19)13-9-5-3-1-2-4-6-10-16-14-23-16/h7-8,11-12,15-16H,1-6,9-10,13-14H2. The molecule has 1 aliphatic rings. The second-order valence-electron chi connectivity index (χ2n) is 6.48. The van der Waals surface area contributed by atoms with Crippen LogP contribution in [0.4, 0.5) is 0 Å². The van der Waals surface area contributed by atoms with Gasteiger partial charge in [0.2, 0.25) is 0 Å². The monoisotopic (exact) mass is 314 g/mol. The Bertz CT molecular complexity index is 676. The molecular weight excluding hydrogens is 288 g/mol. The van der Waals surface area contributed by atoms with Crippen LogP contribution in [-0.4, -0.2) is 22.3 Å². The minimum absolute atomic E-state index is 0.0814. The van der Waals surface area contributed by atoms with Crippen LogP contribution in [0.5, 0.6) is 0 Å². The first-order chi connectivity index (χ1) is 11.3. The van der Waals surface area contributed by atoms with E-state index in [4.69, 9.17) is 4.74 Å². The summed E-state index contributed by atoms with van der Waals surface area (Å²) < 4.78 is 6.96. The molecule has 3 rings (SSSR count). The van der Waals surface area contributed by atoms with Gasteiger partial charge in [-0.15, -0.1) is 0 Å². The molecule has 1 atom stereocenters. The van der Waals surface area contributed by atoms with Crippen LogP contribution in [-0.2, 0) is 11.3 Å². The zero-order valence-corrected chi connectivity index (χ0v) is 13.7. The molecule has 0 N–H and O–H groups in total. The third-order valence-corrected chi connectivity index (χ3v) is 4.56. The quantitative estimate of drug-likeness (QED) is 0.493. The highest BCUT2D eigenvalue weighted by Crippen LogP contribution is 2.18. The fourth-order valence-corrected chi connectivity index (χ4v) is 3.04. The summed E-state index contributed by atoms with van der Waals surface area (Å²) in [7, 11) is 0. The molecule has 124 valence electrons. The van der Waals surface area contributed by atoms with E-state index >= 15 is 0 Å². The Morgan fingerprint density at radius 3 is 2.52 bits per heavy atom. The van der Waals surface area contributed by atoms with Gasteiger partial charge in [-0.1, -0.05) is 50.7 Å². The highest BCUT2D eigenvalue weighted by molar-refractivity contribution is 5.76. The van der Waals surface area contributed by atoms with Gasteiger partial charge in [0.05, 0.1) is 29.9 Å². The number of unbranched alkanes of at least 4 members (excludes halogenated alkanes) is 6. The van der Waals surface area contributed by atoms with Crippen molar-refractivity contribution in [2.45, 2.75) is 64.0 Å². The van der Waals surface area contributed by atoms with Gasteiger partial charge >= 0.3 is 0 Å². The van der Waals surface area contributed by atoms with E-state index in [-0.39, 0.29) is 5.56 Å². The minimum Gasteiger partial charge on any atom is -0.373 e. The Balaban J connectivity index is 1.32. The number of aromatic nitrogens is 2. The first-order valence-corrected chi connectivity index (χ1v) is 8.90. The van der Waals surface area contributed by atoms with Gasteiger partial charge in [-0.2, -0.15) is 0 Å². The van der Waals surface area contributed by atoms with Crippen LogP contribution in [0.1, 0.15) is 51.4 Å². The van der Waals surface area contributed by atoms with Crippen LogP contribution in [0, 0.1) is 0 Å². The third kappa shape index (κ3) is 4.90. The molecule has 1 unspecified atom stereocenters. The van der Waals surface area contributed by atoms with E-state index in [0.29, 0.717) is 6.10 Å². The molecule has 0 saturated carbocycles. The van der Waals surface area contributed by atoms with Crippen LogP contribution >= 0.6 is 0 Å². The summed E-state index contributed by atoms with van der Waals surface area (Å²) in [5.74, 6) is 0. The average Bonchev–Trinajstić information content (AvgIpc) is 3.40. The van der Waals surface area contributed by atoms with Crippen molar-refractivity contribution in [3.8, 4) is 0 Å².